The Morgan fingerprint density at radius 2 is 1.68 bits per heavy atom. The van der Waals surface area contributed by atoms with Gasteiger partial charge in [0.25, 0.3) is 5.91 Å². The summed E-state index contributed by atoms with van der Waals surface area (Å²) in [6.45, 7) is 7.03. The van der Waals surface area contributed by atoms with E-state index in [0.29, 0.717) is 36.1 Å². The van der Waals surface area contributed by atoms with E-state index in [4.69, 9.17) is 0 Å². The number of hydrogen-bond donors (Lipinski definition) is 2. The van der Waals surface area contributed by atoms with E-state index in [1.54, 1.807) is 18.2 Å². The molecular formula is C29H38N4O4S. The van der Waals surface area contributed by atoms with Gasteiger partial charge in [-0.3, -0.25) is 14.5 Å². The molecule has 1 saturated carbocycles. The number of rotatable bonds is 6. The zero-order valence-electron chi connectivity index (χ0n) is 22.3. The maximum absolute atomic E-state index is 13.2. The van der Waals surface area contributed by atoms with Crippen molar-refractivity contribution >= 4 is 33.0 Å². The molecular weight excluding hydrogens is 500 g/mol. The van der Waals surface area contributed by atoms with Crippen LogP contribution in [0.25, 0.3) is 0 Å². The van der Waals surface area contributed by atoms with Gasteiger partial charge in [-0.2, -0.15) is 0 Å². The van der Waals surface area contributed by atoms with Crippen LogP contribution in [0.5, 0.6) is 0 Å². The molecule has 2 aromatic rings. The fraction of sp³-hybridized carbons (Fsp3) is 0.517. The first-order chi connectivity index (χ1) is 18.2. The van der Waals surface area contributed by atoms with Gasteiger partial charge in [-0.1, -0.05) is 43.0 Å². The van der Waals surface area contributed by atoms with Crippen LogP contribution in [0.1, 0.15) is 59.2 Å². The Morgan fingerprint density at radius 3 is 2.42 bits per heavy atom. The Labute approximate surface area is 225 Å². The molecule has 0 spiro atoms. The molecule has 2 N–H and O–H groups in total. The molecule has 2 aromatic carbocycles. The molecule has 2 fully saturated rings. The average Bonchev–Trinajstić information content (AvgIpc) is 2.91. The quantitative estimate of drug-likeness (QED) is 0.582. The predicted octanol–water partition coefficient (Wildman–Crippen LogP) is 3.74. The largest absolute Gasteiger partial charge is 0.371 e. The number of carbonyl (C=O) groups is 2. The number of piperazine rings is 1. The lowest BCUT2D eigenvalue weighted by atomic mass is 9.94. The fourth-order valence-electron chi connectivity index (χ4n) is 5.92. The topological polar surface area (TPSA) is 98.8 Å². The number of nitrogens with one attached hydrogen (secondary N) is 2. The molecule has 8 nitrogen and oxygen atoms in total. The van der Waals surface area contributed by atoms with Gasteiger partial charge in [0.1, 0.15) is 6.04 Å². The van der Waals surface area contributed by atoms with Gasteiger partial charge in [0, 0.05) is 37.8 Å². The van der Waals surface area contributed by atoms with Crippen molar-refractivity contribution in [1.29, 1.82) is 0 Å². The summed E-state index contributed by atoms with van der Waals surface area (Å²) in [5, 5.41) is 5.90. The van der Waals surface area contributed by atoms with Crippen LogP contribution in [0, 0.1) is 13.8 Å². The second-order valence-corrected chi connectivity index (χ2v) is 13.2. The Balaban J connectivity index is 1.21. The summed E-state index contributed by atoms with van der Waals surface area (Å²) < 4.78 is 25.9. The van der Waals surface area contributed by atoms with Crippen molar-refractivity contribution in [3.05, 3.63) is 58.7 Å². The van der Waals surface area contributed by atoms with Crippen LogP contribution in [0.15, 0.2) is 36.4 Å². The van der Waals surface area contributed by atoms with Gasteiger partial charge < -0.3 is 15.5 Å². The maximum Gasteiger partial charge on any atom is 0.254 e. The van der Waals surface area contributed by atoms with E-state index in [9.17, 15) is 18.0 Å². The van der Waals surface area contributed by atoms with Gasteiger partial charge in [-0.25, -0.2) is 8.42 Å². The molecule has 2 amide bonds. The van der Waals surface area contributed by atoms with Crippen molar-refractivity contribution in [2.45, 2.75) is 63.8 Å². The first-order valence-electron chi connectivity index (χ1n) is 13.7. The lowest BCUT2D eigenvalue weighted by molar-refractivity contribution is -0.116. The summed E-state index contributed by atoms with van der Waals surface area (Å²) in [6.07, 6.45) is 6.47. The zero-order valence-corrected chi connectivity index (χ0v) is 23.1. The summed E-state index contributed by atoms with van der Waals surface area (Å²) in [7, 11) is -3.55. The third-order valence-corrected chi connectivity index (χ3v) is 9.76. The summed E-state index contributed by atoms with van der Waals surface area (Å²) in [4.78, 5) is 30.5. The van der Waals surface area contributed by atoms with Crippen molar-refractivity contribution < 1.29 is 18.0 Å². The Kier molecular flexibility index (Phi) is 7.77. The summed E-state index contributed by atoms with van der Waals surface area (Å²) in [6, 6.07) is 10.7. The molecule has 1 aliphatic carbocycles. The van der Waals surface area contributed by atoms with Crippen LogP contribution >= 0.6 is 0 Å². The van der Waals surface area contributed by atoms with Crippen molar-refractivity contribution in [2.24, 2.45) is 0 Å². The highest BCUT2D eigenvalue weighted by Gasteiger charge is 2.32. The van der Waals surface area contributed by atoms with Crippen LogP contribution in [0.3, 0.4) is 0 Å². The Morgan fingerprint density at radius 1 is 0.947 bits per heavy atom. The van der Waals surface area contributed by atoms with E-state index in [-0.39, 0.29) is 17.4 Å². The molecule has 0 radical (unpaired) electrons. The minimum atomic E-state index is -3.55. The highest BCUT2D eigenvalue weighted by atomic mass is 32.2. The van der Waals surface area contributed by atoms with Gasteiger partial charge in [0.2, 0.25) is 5.91 Å². The number of benzene rings is 2. The minimum absolute atomic E-state index is 0.0384. The van der Waals surface area contributed by atoms with E-state index < -0.39 is 21.8 Å². The third-order valence-electron chi connectivity index (χ3n) is 8.16. The molecule has 38 heavy (non-hydrogen) atoms. The molecule has 1 unspecified atom stereocenters. The van der Waals surface area contributed by atoms with E-state index in [0.717, 1.165) is 29.8 Å². The third kappa shape index (κ3) is 6.04. The number of anilines is 2. The van der Waals surface area contributed by atoms with Crippen molar-refractivity contribution in [1.82, 2.24) is 9.80 Å². The monoisotopic (exact) mass is 538 g/mol. The number of amides is 2. The second-order valence-electron chi connectivity index (χ2n) is 11.1. The van der Waals surface area contributed by atoms with E-state index in [2.05, 4.69) is 15.5 Å². The Hall–Kier alpha value is -2.91. The fourth-order valence-corrected chi connectivity index (χ4v) is 7.57. The minimum Gasteiger partial charge on any atom is -0.371 e. The van der Waals surface area contributed by atoms with Crippen LogP contribution in [-0.2, 0) is 20.4 Å². The zero-order chi connectivity index (χ0) is 26.9. The van der Waals surface area contributed by atoms with E-state index >= 15 is 0 Å². The number of fused-ring (bicyclic) bond motifs is 1. The highest BCUT2D eigenvalue weighted by molar-refractivity contribution is 7.90. The maximum atomic E-state index is 13.2. The van der Waals surface area contributed by atoms with Gasteiger partial charge in [0.05, 0.1) is 22.9 Å². The standard InChI is InChI=1S/C29H38N4O4S/c1-20-8-9-21(2)23(16-20)18-38(36,37)19-27-28(34)31-26-17-22(10-11-25(26)30-27)29(35)33-14-12-32(13-15-33)24-6-4-3-5-7-24/h8-11,16-17,24,27,30H,3-7,12-15,18-19H2,1-2H3,(H,31,34). The lowest BCUT2D eigenvalue weighted by Crippen LogP contribution is -2.52. The summed E-state index contributed by atoms with van der Waals surface area (Å²) in [5.74, 6) is -0.867. The highest BCUT2D eigenvalue weighted by Crippen LogP contribution is 2.30. The smallest absolute Gasteiger partial charge is 0.254 e. The normalized spacial score (nSPS) is 20.9. The SMILES string of the molecule is Cc1ccc(C)c(CS(=O)(=O)CC2Nc3ccc(C(=O)N4CCN(C5CCCCC5)CC4)cc3NC2=O)c1. The van der Waals surface area contributed by atoms with Crippen LogP contribution in [0.2, 0.25) is 0 Å². The van der Waals surface area contributed by atoms with Crippen LogP contribution in [0.4, 0.5) is 11.4 Å². The number of carbonyl (C=O) groups excluding carboxylic acids is 2. The molecule has 0 bridgehead atoms. The molecule has 3 aliphatic rings. The summed E-state index contributed by atoms with van der Waals surface area (Å²) in [5.41, 5.74) is 4.32. The van der Waals surface area contributed by atoms with Crippen LogP contribution in [-0.4, -0.2) is 74.0 Å². The van der Waals surface area contributed by atoms with Crippen LogP contribution < -0.4 is 10.6 Å². The number of sulfone groups is 1. The molecule has 1 saturated heterocycles. The predicted molar refractivity (Wildman–Crippen MR) is 150 cm³/mol. The second kappa shape index (κ2) is 11.1. The van der Waals surface area contributed by atoms with Gasteiger partial charge >= 0.3 is 0 Å². The molecule has 5 rings (SSSR count). The number of aryl methyl sites for hydroxylation is 2. The first kappa shape index (κ1) is 26.7. The molecule has 1 atom stereocenters. The lowest BCUT2D eigenvalue weighted by Gasteiger charge is -2.40. The van der Waals surface area contributed by atoms with E-state index in [1.165, 1.54) is 32.1 Å². The van der Waals surface area contributed by atoms with Crippen molar-refractivity contribution in [3.8, 4) is 0 Å². The molecule has 9 heteroatoms. The summed E-state index contributed by atoms with van der Waals surface area (Å²) >= 11 is 0. The van der Waals surface area contributed by atoms with Crippen molar-refractivity contribution in [2.75, 3.05) is 42.6 Å². The first-order valence-corrected chi connectivity index (χ1v) is 15.5. The van der Waals surface area contributed by atoms with Crippen molar-refractivity contribution in [3.63, 3.8) is 0 Å². The average molecular weight is 539 g/mol. The molecule has 2 heterocycles. The van der Waals surface area contributed by atoms with Gasteiger partial charge in [-0.15, -0.1) is 0 Å². The molecule has 0 aromatic heterocycles. The van der Waals surface area contributed by atoms with Gasteiger partial charge in [-0.05, 0) is 56.0 Å². The van der Waals surface area contributed by atoms with Gasteiger partial charge in [0.15, 0.2) is 9.84 Å². The molecule has 204 valence electrons. The van der Waals surface area contributed by atoms with E-state index in [1.807, 2.05) is 36.9 Å². The Bertz CT molecular complexity index is 1310. The number of hydrogen-bond acceptors (Lipinski definition) is 6. The number of nitrogens with zero attached hydrogens (tertiary/aromatic N) is 2. The molecule has 2 aliphatic heterocycles.